The first-order valence-corrected chi connectivity index (χ1v) is 8.13. The topological polar surface area (TPSA) is 62.5 Å². The molecular weight excluding hydrogens is 391 g/mol. The van der Waals surface area contributed by atoms with E-state index in [4.69, 9.17) is 4.52 Å². The molecule has 6 heteroatoms. The number of guanidine groups is 1. The van der Waals surface area contributed by atoms with Crippen molar-refractivity contribution in [1.29, 1.82) is 0 Å². The Kier molecular flexibility index (Phi) is 13.3. The van der Waals surface area contributed by atoms with Gasteiger partial charge in [-0.1, -0.05) is 44.7 Å². The minimum atomic E-state index is 0. The second-order valence-corrected chi connectivity index (χ2v) is 5.71. The van der Waals surface area contributed by atoms with Crippen molar-refractivity contribution in [1.82, 2.24) is 15.8 Å². The van der Waals surface area contributed by atoms with Crippen molar-refractivity contribution in [3.05, 3.63) is 18.0 Å². The highest BCUT2D eigenvalue weighted by Gasteiger charge is 1.99. The maximum absolute atomic E-state index is 4.80. The molecule has 0 fully saturated rings. The SMILES string of the molecule is CCNC(=NCc1ccon1)NCCCCCCC(C)C.I. The van der Waals surface area contributed by atoms with Crippen LogP contribution in [-0.4, -0.2) is 24.2 Å². The van der Waals surface area contributed by atoms with Gasteiger partial charge in [-0.2, -0.15) is 0 Å². The van der Waals surface area contributed by atoms with Gasteiger partial charge in [0.25, 0.3) is 0 Å². The standard InChI is InChI=1S/C16H30N4O.HI/c1-4-17-16(19-13-15-10-12-21-20-15)18-11-8-6-5-7-9-14(2)3;/h10,12,14H,4-9,11,13H2,1-3H3,(H2,17,18,19);1H. The second-order valence-electron chi connectivity index (χ2n) is 5.71. The third kappa shape index (κ3) is 10.9. The van der Waals surface area contributed by atoms with E-state index in [0.29, 0.717) is 6.54 Å². The number of nitrogens with one attached hydrogen (secondary N) is 2. The van der Waals surface area contributed by atoms with Crippen LogP contribution in [0.2, 0.25) is 0 Å². The van der Waals surface area contributed by atoms with E-state index < -0.39 is 0 Å². The number of aliphatic imine (C=N–C) groups is 1. The lowest BCUT2D eigenvalue weighted by Gasteiger charge is -2.11. The lowest BCUT2D eigenvalue weighted by molar-refractivity contribution is 0.412. The Morgan fingerprint density at radius 2 is 2.00 bits per heavy atom. The molecule has 0 spiro atoms. The molecule has 128 valence electrons. The number of aromatic nitrogens is 1. The third-order valence-electron chi connectivity index (χ3n) is 3.24. The van der Waals surface area contributed by atoms with E-state index in [9.17, 15) is 0 Å². The minimum Gasteiger partial charge on any atom is -0.364 e. The van der Waals surface area contributed by atoms with Crippen LogP contribution in [0.1, 0.15) is 58.6 Å². The minimum absolute atomic E-state index is 0. The van der Waals surface area contributed by atoms with Crippen LogP contribution in [0.15, 0.2) is 21.8 Å². The van der Waals surface area contributed by atoms with Crippen molar-refractivity contribution < 1.29 is 4.52 Å². The largest absolute Gasteiger partial charge is 0.364 e. The summed E-state index contributed by atoms with van der Waals surface area (Å²) in [5, 5.41) is 10.5. The fourth-order valence-corrected chi connectivity index (χ4v) is 2.06. The first kappa shape index (κ1) is 21.2. The van der Waals surface area contributed by atoms with Crippen molar-refractivity contribution in [3.8, 4) is 0 Å². The molecule has 0 atom stereocenters. The first-order chi connectivity index (χ1) is 10.2. The second kappa shape index (κ2) is 13.8. The normalized spacial score (nSPS) is 11.4. The molecule has 1 aromatic heterocycles. The van der Waals surface area contributed by atoms with Gasteiger partial charge in [-0.25, -0.2) is 4.99 Å². The maximum Gasteiger partial charge on any atom is 0.191 e. The molecule has 0 aliphatic rings. The average Bonchev–Trinajstić information content (AvgIpc) is 2.96. The lowest BCUT2D eigenvalue weighted by atomic mass is 10.0. The zero-order chi connectivity index (χ0) is 15.3. The monoisotopic (exact) mass is 422 g/mol. The summed E-state index contributed by atoms with van der Waals surface area (Å²) in [5.41, 5.74) is 0.848. The molecule has 0 saturated carbocycles. The third-order valence-corrected chi connectivity index (χ3v) is 3.24. The van der Waals surface area contributed by atoms with Crippen LogP contribution in [0.5, 0.6) is 0 Å². The Balaban J connectivity index is 0.00000441. The fourth-order valence-electron chi connectivity index (χ4n) is 2.06. The van der Waals surface area contributed by atoms with Crippen LogP contribution in [-0.2, 0) is 6.54 Å². The molecule has 22 heavy (non-hydrogen) atoms. The molecule has 1 rings (SSSR count). The molecule has 0 bridgehead atoms. The van der Waals surface area contributed by atoms with Gasteiger partial charge < -0.3 is 15.2 Å². The number of halogens is 1. The Labute approximate surface area is 151 Å². The summed E-state index contributed by atoms with van der Waals surface area (Å²) in [6.45, 7) is 9.01. The Bertz CT molecular complexity index is 380. The van der Waals surface area contributed by atoms with Crippen LogP contribution in [0.4, 0.5) is 0 Å². The Hall–Kier alpha value is -0.790. The molecule has 5 nitrogen and oxygen atoms in total. The van der Waals surface area contributed by atoms with Crippen LogP contribution < -0.4 is 10.6 Å². The van der Waals surface area contributed by atoms with Gasteiger partial charge in [-0.15, -0.1) is 24.0 Å². The lowest BCUT2D eigenvalue weighted by Crippen LogP contribution is -2.37. The average molecular weight is 422 g/mol. The Morgan fingerprint density at radius 3 is 2.64 bits per heavy atom. The van der Waals surface area contributed by atoms with Gasteiger partial charge in [0.05, 0.1) is 6.54 Å². The number of hydrogen-bond acceptors (Lipinski definition) is 3. The van der Waals surface area contributed by atoms with E-state index in [1.807, 2.05) is 6.07 Å². The summed E-state index contributed by atoms with van der Waals surface area (Å²) in [4.78, 5) is 4.49. The summed E-state index contributed by atoms with van der Waals surface area (Å²) in [6.07, 6.45) is 8.05. The predicted octanol–water partition coefficient (Wildman–Crippen LogP) is 3.95. The summed E-state index contributed by atoms with van der Waals surface area (Å²) in [6, 6.07) is 1.84. The maximum atomic E-state index is 4.80. The number of hydrogen-bond donors (Lipinski definition) is 2. The molecule has 0 aliphatic carbocycles. The van der Waals surface area contributed by atoms with Crippen LogP contribution in [0.3, 0.4) is 0 Å². The van der Waals surface area contributed by atoms with E-state index >= 15 is 0 Å². The smallest absolute Gasteiger partial charge is 0.191 e. The summed E-state index contributed by atoms with van der Waals surface area (Å²) in [5.74, 6) is 1.68. The molecule has 0 radical (unpaired) electrons. The molecule has 0 aliphatic heterocycles. The van der Waals surface area contributed by atoms with Gasteiger partial charge >= 0.3 is 0 Å². The van der Waals surface area contributed by atoms with Crippen LogP contribution in [0, 0.1) is 5.92 Å². The van der Waals surface area contributed by atoms with Gasteiger partial charge in [0, 0.05) is 19.2 Å². The van der Waals surface area contributed by atoms with Crippen molar-refractivity contribution >= 4 is 29.9 Å². The van der Waals surface area contributed by atoms with Crippen LogP contribution in [0.25, 0.3) is 0 Å². The molecule has 1 heterocycles. The van der Waals surface area contributed by atoms with E-state index in [-0.39, 0.29) is 24.0 Å². The highest BCUT2D eigenvalue weighted by atomic mass is 127. The molecule has 0 aromatic carbocycles. The highest BCUT2D eigenvalue weighted by Crippen LogP contribution is 2.08. The molecule has 0 saturated heterocycles. The van der Waals surface area contributed by atoms with Crippen molar-refractivity contribution in [3.63, 3.8) is 0 Å². The van der Waals surface area contributed by atoms with Crippen molar-refractivity contribution in [2.24, 2.45) is 10.9 Å². The molecular formula is C16H31IN4O. The van der Waals surface area contributed by atoms with E-state index in [1.54, 1.807) is 6.26 Å². The molecule has 2 N–H and O–H groups in total. The van der Waals surface area contributed by atoms with E-state index in [2.05, 4.69) is 41.6 Å². The predicted molar refractivity (Wildman–Crippen MR) is 103 cm³/mol. The van der Waals surface area contributed by atoms with Crippen molar-refractivity contribution in [2.75, 3.05) is 13.1 Å². The van der Waals surface area contributed by atoms with E-state index in [0.717, 1.165) is 30.7 Å². The number of unbranched alkanes of at least 4 members (excludes halogenated alkanes) is 3. The molecule has 0 unspecified atom stereocenters. The highest BCUT2D eigenvalue weighted by molar-refractivity contribution is 14.0. The number of nitrogens with zero attached hydrogens (tertiary/aromatic N) is 2. The zero-order valence-electron chi connectivity index (χ0n) is 14.1. The van der Waals surface area contributed by atoms with Crippen LogP contribution >= 0.6 is 24.0 Å². The van der Waals surface area contributed by atoms with Gasteiger partial charge in [-0.3, -0.25) is 0 Å². The van der Waals surface area contributed by atoms with Gasteiger partial charge in [0.2, 0.25) is 0 Å². The molecule has 0 amide bonds. The number of rotatable bonds is 10. The Morgan fingerprint density at radius 1 is 1.23 bits per heavy atom. The summed E-state index contributed by atoms with van der Waals surface area (Å²) >= 11 is 0. The fraction of sp³-hybridized carbons (Fsp3) is 0.750. The van der Waals surface area contributed by atoms with Gasteiger partial charge in [0.1, 0.15) is 12.0 Å². The quantitative estimate of drug-likeness (QED) is 0.259. The van der Waals surface area contributed by atoms with Crippen molar-refractivity contribution in [2.45, 2.75) is 59.4 Å². The summed E-state index contributed by atoms with van der Waals surface area (Å²) in [7, 11) is 0. The zero-order valence-corrected chi connectivity index (χ0v) is 16.4. The summed E-state index contributed by atoms with van der Waals surface area (Å²) < 4.78 is 4.80. The van der Waals surface area contributed by atoms with E-state index in [1.165, 1.54) is 32.1 Å². The van der Waals surface area contributed by atoms with Gasteiger partial charge in [-0.05, 0) is 19.3 Å². The first-order valence-electron chi connectivity index (χ1n) is 8.13. The molecule has 1 aromatic rings. The van der Waals surface area contributed by atoms with Gasteiger partial charge in [0.15, 0.2) is 5.96 Å².